The number of carbonyl (C=O) groups excluding carboxylic acids is 1. The van der Waals surface area contributed by atoms with E-state index in [2.05, 4.69) is 5.32 Å². The van der Waals surface area contributed by atoms with Crippen molar-refractivity contribution < 1.29 is 18.7 Å². The first-order valence-corrected chi connectivity index (χ1v) is 6.06. The Morgan fingerprint density at radius 2 is 1.95 bits per heavy atom. The lowest BCUT2D eigenvalue weighted by Crippen LogP contribution is -2.23. The molecule has 20 heavy (non-hydrogen) atoms. The molecule has 2 N–H and O–H groups in total. The van der Waals surface area contributed by atoms with E-state index in [1.807, 2.05) is 0 Å². The van der Waals surface area contributed by atoms with E-state index in [-0.39, 0.29) is 28.4 Å². The Labute approximate surface area is 118 Å². The lowest BCUT2D eigenvalue weighted by Gasteiger charge is -2.08. The van der Waals surface area contributed by atoms with E-state index in [0.717, 1.165) is 18.2 Å². The molecule has 1 amide bonds. The van der Waals surface area contributed by atoms with Crippen LogP contribution < -0.4 is 5.32 Å². The van der Waals surface area contributed by atoms with Gasteiger partial charge in [-0.2, -0.15) is 0 Å². The van der Waals surface area contributed by atoms with Crippen LogP contribution in [-0.2, 0) is 6.54 Å². The Balaban J connectivity index is 2.12. The number of phenols is 1. The summed E-state index contributed by atoms with van der Waals surface area (Å²) in [5.74, 6) is -2.09. The van der Waals surface area contributed by atoms with Gasteiger partial charge in [0.1, 0.15) is 17.4 Å². The van der Waals surface area contributed by atoms with Crippen molar-refractivity contribution in [3.8, 4) is 5.75 Å². The molecule has 0 atom stereocenters. The third kappa shape index (κ3) is 3.24. The molecule has 0 aliphatic carbocycles. The van der Waals surface area contributed by atoms with Crippen molar-refractivity contribution in [2.45, 2.75) is 6.54 Å². The van der Waals surface area contributed by atoms with Gasteiger partial charge in [-0.15, -0.1) is 0 Å². The summed E-state index contributed by atoms with van der Waals surface area (Å²) >= 11 is 5.72. The Kier molecular flexibility index (Phi) is 4.20. The van der Waals surface area contributed by atoms with Crippen LogP contribution in [0.15, 0.2) is 36.4 Å². The second-order valence-electron chi connectivity index (χ2n) is 4.08. The summed E-state index contributed by atoms with van der Waals surface area (Å²) in [5.41, 5.74) is -0.0193. The minimum absolute atomic E-state index is 0.0138. The van der Waals surface area contributed by atoms with Crippen LogP contribution in [0.3, 0.4) is 0 Å². The fourth-order valence-electron chi connectivity index (χ4n) is 1.64. The van der Waals surface area contributed by atoms with Crippen molar-refractivity contribution in [3.63, 3.8) is 0 Å². The van der Waals surface area contributed by atoms with Gasteiger partial charge in [-0.25, -0.2) is 8.78 Å². The third-order valence-electron chi connectivity index (χ3n) is 2.65. The highest BCUT2D eigenvalue weighted by Crippen LogP contribution is 2.21. The van der Waals surface area contributed by atoms with Gasteiger partial charge in [-0.3, -0.25) is 4.79 Å². The second-order valence-corrected chi connectivity index (χ2v) is 4.52. The van der Waals surface area contributed by atoms with Crippen molar-refractivity contribution in [1.82, 2.24) is 5.32 Å². The third-order valence-corrected chi connectivity index (χ3v) is 2.89. The second kappa shape index (κ2) is 5.88. The molecule has 3 nitrogen and oxygen atoms in total. The number of amides is 1. The Morgan fingerprint density at radius 3 is 2.70 bits per heavy atom. The summed E-state index contributed by atoms with van der Waals surface area (Å²) in [6.45, 7) is -0.200. The van der Waals surface area contributed by atoms with Crippen LogP contribution in [0.1, 0.15) is 15.9 Å². The summed E-state index contributed by atoms with van der Waals surface area (Å²) in [5, 5.41) is 12.2. The Bertz CT molecular complexity index is 662. The van der Waals surface area contributed by atoms with E-state index < -0.39 is 17.5 Å². The highest BCUT2D eigenvalue weighted by atomic mass is 35.5. The Hall–Kier alpha value is -2.14. The molecule has 104 valence electrons. The normalized spacial score (nSPS) is 10.3. The molecule has 0 aromatic heterocycles. The molecule has 0 radical (unpaired) electrons. The first-order chi connectivity index (χ1) is 9.47. The average Bonchev–Trinajstić information content (AvgIpc) is 2.42. The molecule has 0 spiro atoms. The lowest BCUT2D eigenvalue weighted by molar-refractivity contribution is 0.0948. The SMILES string of the molecule is O=C(NCc1cc(F)ccc1F)c1cc(Cl)ccc1O. The largest absolute Gasteiger partial charge is 0.507 e. The predicted molar refractivity (Wildman–Crippen MR) is 70.6 cm³/mol. The topological polar surface area (TPSA) is 49.3 Å². The van der Waals surface area contributed by atoms with Crippen molar-refractivity contribution >= 4 is 17.5 Å². The Morgan fingerprint density at radius 1 is 1.20 bits per heavy atom. The molecule has 0 bridgehead atoms. The van der Waals surface area contributed by atoms with Crippen LogP contribution in [0, 0.1) is 11.6 Å². The van der Waals surface area contributed by atoms with Crippen molar-refractivity contribution in [3.05, 3.63) is 64.2 Å². The first-order valence-electron chi connectivity index (χ1n) is 5.68. The maximum Gasteiger partial charge on any atom is 0.255 e. The van der Waals surface area contributed by atoms with Crippen LogP contribution >= 0.6 is 11.6 Å². The summed E-state index contributed by atoms with van der Waals surface area (Å²) in [7, 11) is 0. The summed E-state index contributed by atoms with van der Waals surface area (Å²) in [6.07, 6.45) is 0. The van der Waals surface area contributed by atoms with Gasteiger partial charge in [0.15, 0.2) is 0 Å². The summed E-state index contributed by atoms with van der Waals surface area (Å²) in [4.78, 5) is 11.8. The van der Waals surface area contributed by atoms with Gasteiger partial charge < -0.3 is 10.4 Å². The predicted octanol–water partition coefficient (Wildman–Crippen LogP) is 3.25. The molecule has 0 aliphatic rings. The van der Waals surface area contributed by atoms with Gasteiger partial charge in [0.25, 0.3) is 5.91 Å². The minimum Gasteiger partial charge on any atom is -0.507 e. The number of nitrogens with one attached hydrogen (secondary N) is 1. The van der Waals surface area contributed by atoms with Gasteiger partial charge in [-0.1, -0.05) is 11.6 Å². The molecule has 2 rings (SSSR count). The van der Waals surface area contributed by atoms with E-state index in [4.69, 9.17) is 11.6 Å². The summed E-state index contributed by atoms with van der Waals surface area (Å²) in [6, 6.07) is 6.96. The molecule has 0 saturated carbocycles. The monoisotopic (exact) mass is 297 g/mol. The zero-order chi connectivity index (χ0) is 14.7. The zero-order valence-electron chi connectivity index (χ0n) is 10.2. The first kappa shape index (κ1) is 14.3. The molecular weight excluding hydrogens is 288 g/mol. The standard InChI is InChI=1S/C14H10ClF2NO2/c15-9-1-4-13(19)11(6-9)14(20)18-7-8-5-10(16)2-3-12(8)17/h1-6,19H,7H2,(H,18,20). The van der Waals surface area contributed by atoms with Crippen LogP contribution in [-0.4, -0.2) is 11.0 Å². The molecule has 2 aromatic carbocycles. The average molecular weight is 298 g/mol. The number of rotatable bonds is 3. The van der Waals surface area contributed by atoms with Crippen molar-refractivity contribution in [1.29, 1.82) is 0 Å². The van der Waals surface area contributed by atoms with E-state index in [0.29, 0.717) is 0 Å². The van der Waals surface area contributed by atoms with Gasteiger partial charge in [-0.05, 0) is 36.4 Å². The molecule has 6 heteroatoms. The van der Waals surface area contributed by atoms with Crippen LogP contribution in [0.5, 0.6) is 5.75 Å². The zero-order valence-corrected chi connectivity index (χ0v) is 10.9. The number of halogens is 3. The molecule has 0 saturated heterocycles. The number of hydrogen-bond acceptors (Lipinski definition) is 2. The molecule has 0 fully saturated rings. The maximum atomic E-state index is 13.4. The maximum absolute atomic E-state index is 13.4. The fraction of sp³-hybridized carbons (Fsp3) is 0.0714. The molecular formula is C14H10ClF2NO2. The number of benzene rings is 2. The highest BCUT2D eigenvalue weighted by Gasteiger charge is 2.12. The number of phenolic OH excluding ortho intramolecular Hbond substituents is 1. The van der Waals surface area contributed by atoms with Crippen LogP contribution in [0.2, 0.25) is 5.02 Å². The van der Waals surface area contributed by atoms with Crippen molar-refractivity contribution in [2.75, 3.05) is 0 Å². The van der Waals surface area contributed by atoms with Crippen molar-refractivity contribution in [2.24, 2.45) is 0 Å². The number of carbonyl (C=O) groups is 1. The molecule has 0 aliphatic heterocycles. The van der Waals surface area contributed by atoms with E-state index >= 15 is 0 Å². The van der Waals surface area contributed by atoms with Crippen LogP contribution in [0.25, 0.3) is 0 Å². The smallest absolute Gasteiger partial charge is 0.255 e. The van der Waals surface area contributed by atoms with Crippen LogP contribution in [0.4, 0.5) is 8.78 Å². The molecule has 2 aromatic rings. The molecule has 0 unspecified atom stereocenters. The van der Waals surface area contributed by atoms with Gasteiger partial charge in [0.2, 0.25) is 0 Å². The van der Waals surface area contributed by atoms with Gasteiger partial charge in [0.05, 0.1) is 5.56 Å². The van der Waals surface area contributed by atoms with Gasteiger partial charge in [0, 0.05) is 17.1 Å². The molecule has 0 heterocycles. The van der Waals surface area contributed by atoms with Gasteiger partial charge >= 0.3 is 0 Å². The lowest BCUT2D eigenvalue weighted by atomic mass is 10.1. The van der Waals surface area contributed by atoms with E-state index in [1.54, 1.807) is 0 Å². The number of hydrogen-bond donors (Lipinski definition) is 2. The van der Waals surface area contributed by atoms with E-state index in [9.17, 15) is 18.7 Å². The minimum atomic E-state index is -0.631. The highest BCUT2D eigenvalue weighted by molar-refractivity contribution is 6.31. The fourth-order valence-corrected chi connectivity index (χ4v) is 1.81. The quantitative estimate of drug-likeness (QED) is 0.913. The van der Waals surface area contributed by atoms with E-state index in [1.165, 1.54) is 18.2 Å². The summed E-state index contributed by atoms with van der Waals surface area (Å²) < 4.78 is 26.4. The number of aromatic hydroxyl groups is 1.